The minimum Gasteiger partial charge on any atom is -0.396 e. The number of aliphatic hydroxyl groups excluding tert-OH is 2. The van der Waals surface area contributed by atoms with E-state index < -0.39 is 17.4 Å². The molecule has 2 amide bonds. The van der Waals surface area contributed by atoms with Crippen molar-refractivity contribution in [1.82, 2.24) is 15.6 Å². The molecule has 0 bridgehead atoms. The van der Waals surface area contributed by atoms with Gasteiger partial charge < -0.3 is 25.8 Å². The third-order valence-corrected chi connectivity index (χ3v) is 4.17. The molecule has 0 spiro atoms. The molecule has 0 aliphatic rings. The Morgan fingerprint density at radius 3 is 2.52 bits per heavy atom. The molecule has 0 radical (unpaired) electrons. The lowest BCUT2D eigenvalue weighted by Gasteiger charge is -2.27. The fraction of sp³-hybridized carbons (Fsp3) is 0.474. The average Bonchev–Trinajstić information content (AvgIpc) is 3.14. The molecule has 27 heavy (non-hydrogen) atoms. The molecule has 8 heteroatoms. The monoisotopic (exact) mass is 395 g/mol. The number of aliphatic hydroxyl groups is 2. The van der Waals surface area contributed by atoms with Gasteiger partial charge in [0.2, 0.25) is 11.8 Å². The van der Waals surface area contributed by atoms with Crippen molar-refractivity contribution >= 4 is 35.3 Å². The minimum absolute atomic E-state index is 0.145. The summed E-state index contributed by atoms with van der Waals surface area (Å²) in [6.07, 6.45) is 0.791. The summed E-state index contributed by atoms with van der Waals surface area (Å²) in [6.45, 7) is 3.49. The summed E-state index contributed by atoms with van der Waals surface area (Å²) in [5.74, 6) is -0.210. The van der Waals surface area contributed by atoms with Gasteiger partial charge in [0.05, 0.1) is 6.61 Å². The summed E-state index contributed by atoms with van der Waals surface area (Å²) in [4.78, 5) is 25.9. The normalized spacial score (nSPS) is 12.0. The standard InChI is InChI=1S/C11H22N2O4S.C8H7N/c1-11(2,7-14)9(16)10(17)13-4-3-8(15)12-5-6-18;1-2-4-8-7(3-1)5-6-9-8/h9,14,16,18H,3-7H2,1-2H3,(H,12,15)(H,13,17);1-6,9H/t9-;/m0./s1. The zero-order valence-electron chi connectivity index (χ0n) is 15.7. The van der Waals surface area contributed by atoms with E-state index in [0.717, 1.165) is 0 Å². The van der Waals surface area contributed by atoms with Crippen LogP contribution in [0.2, 0.25) is 0 Å². The van der Waals surface area contributed by atoms with Crippen molar-refractivity contribution < 1.29 is 19.8 Å². The lowest BCUT2D eigenvalue weighted by molar-refractivity contribution is -0.137. The Kier molecular flexibility index (Phi) is 9.92. The molecule has 0 fully saturated rings. The van der Waals surface area contributed by atoms with Crippen LogP contribution in [0.15, 0.2) is 36.5 Å². The molecule has 2 aromatic rings. The van der Waals surface area contributed by atoms with Crippen LogP contribution in [-0.2, 0) is 9.59 Å². The summed E-state index contributed by atoms with van der Waals surface area (Å²) in [7, 11) is 0. The van der Waals surface area contributed by atoms with Gasteiger partial charge in [-0.15, -0.1) is 0 Å². The molecule has 1 atom stereocenters. The lowest BCUT2D eigenvalue weighted by Crippen LogP contribution is -2.46. The fourth-order valence-electron chi connectivity index (χ4n) is 2.12. The number of carbonyl (C=O) groups is 2. The number of aromatic amines is 1. The van der Waals surface area contributed by atoms with E-state index in [2.05, 4.69) is 46.4 Å². The Labute approximate surface area is 165 Å². The second-order valence-corrected chi connectivity index (χ2v) is 7.18. The van der Waals surface area contributed by atoms with Crippen molar-refractivity contribution in [2.75, 3.05) is 25.4 Å². The van der Waals surface area contributed by atoms with Crippen LogP contribution in [0.1, 0.15) is 20.3 Å². The van der Waals surface area contributed by atoms with Crippen LogP contribution in [-0.4, -0.2) is 58.6 Å². The van der Waals surface area contributed by atoms with E-state index in [1.165, 1.54) is 10.9 Å². The molecular weight excluding hydrogens is 366 g/mol. The number of H-pyrrole nitrogens is 1. The number of hydrogen-bond donors (Lipinski definition) is 6. The second kappa shape index (κ2) is 11.6. The molecule has 0 aliphatic heterocycles. The highest BCUT2D eigenvalue weighted by molar-refractivity contribution is 7.80. The second-order valence-electron chi connectivity index (χ2n) is 6.73. The molecular formula is C19H29N3O4S. The lowest BCUT2D eigenvalue weighted by atomic mass is 9.87. The number of benzene rings is 1. The molecule has 0 saturated carbocycles. The maximum atomic E-state index is 11.5. The van der Waals surface area contributed by atoms with Crippen molar-refractivity contribution in [2.45, 2.75) is 26.4 Å². The maximum Gasteiger partial charge on any atom is 0.249 e. The van der Waals surface area contributed by atoms with Crippen LogP contribution in [0.5, 0.6) is 0 Å². The number of fused-ring (bicyclic) bond motifs is 1. The first-order valence-electron chi connectivity index (χ1n) is 8.78. The SMILES string of the molecule is CC(C)(CO)[C@@H](O)C(=O)NCCC(=O)NCCS.c1ccc2[nH]ccc2c1. The molecule has 2 rings (SSSR count). The first-order valence-corrected chi connectivity index (χ1v) is 9.41. The van der Waals surface area contributed by atoms with Gasteiger partial charge in [-0.1, -0.05) is 32.0 Å². The van der Waals surface area contributed by atoms with Gasteiger partial charge in [0.15, 0.2) is 0 Å². The van der Waals surface area contributed by atoms with Gasteiger partial charge >= 0.3 is 0 Å². The van der Waals surface area contributed by atoms with Gasteiger partial charge in [-0.25, -0.2) is 0 Å². The van der Waals surface area contributed by atoms with E-state index in [4.69, 9.17) is 5.11 Å². The Morgan fingerprint density at radius 2 is 1.89 bits per heavy atom. The first kappa shape index (κ1) is 23.0. The highest BCUT2D eigenvalue weighted by Gasteiger charge is 2.32. The molecule has 150 valence electrons. The van der Waals surface area contributed by atoms with Crippen LogP contribution < -0.4 is 10.6 Å². The summed E-state index contributed by atoms with van der Waals surface area (Å²) >= 11 is 3.95. The van der Waals surface area contributed by atoms with Crippen LogP contribution >= 0.6 is 12.6 Å². The predicted octanol–water partition coefficient (Wildman–Crippen LogP) is 1.09. The third-order valence-electron chi connectivity index (χ3n) is 3.94. The molecule has 0 unspecified atom stereocenters. The quantitative estimate of drug-likeness (QED) is 0.376. The number of hydrogen-bond acceptors (Lipinski definition) is 5. The van der Waals surface area contributed by atoms with E-state index >= 15 is 0 Å². The van der Waals surface area contributed by atoms with Gasteiger partial charge in [0.25, 0.3) is 0 Å². The Morgan fingerprint density at radius 1 is 1.19 bits per heavy atom. The first-order chi connectivity index (χ1) is 12.8. The zero-order chi connectivity index (χ0) is 20.3. The number of amides is 2. The molecule has 1 aromatic heterocycles. The molecule has 7 nitrogen and oxygen atoms in total. The molecule has 1 aromatic carbocycles. The maximum absolute atomic E-state index is 11.5. The summed E-state index contributed by atoms with van der Waals surface area (Å²) in [6, 6.07) is 10.3. The number of aromatic nitrogens is 1. The summed E-state index contributed by atoms with van der Waals surface area (Å²) < 4.78 is 0. The number of thiol groups is 1. The number of rotatable bonds is 8. The van der Waals surface area contributed by atoms with Crippen molar-refractivity contribution in [2.24, 2.45) is 5.41 Å². The molecule has 5 N–H and O–H groups in total. The predicted molar refractivity (Wildman–Crippen MR) is 110 cm³/mol. The highest BCUT2D eigenvalue weighted by atomic mass is 32.1. The van der Waals surface area contributed by atoms with E-state index in [0.29, 0.717) is 12.3 Å². The van der Waals surface area contributed by atoms with Crippen LogP contribution in [0.4, 0.5) is 0 Å². The number of carbonyl (C=O) groups excluding carboxylic acids is 2. The van der Waals surface area contributed by atoms with Gasteiger partial charge in [0.1, 0.15) is 6.10 Å². The van der Waals surface area contributed by atoms with Crippen LogP contribution in [0.25, 0.3) is 10.9 Å². The van der Waals surface area contributed by atoms with Crippen molar-refractivity contribution in [3.63, 3.8) is 0 Å². The topological polar surface area (TPSA) is 114 Å². The van der Waals surface area contributed by atoms with Gasteiger partial charge in [-0.2, -0.15) is 12.6 Å². The minimum atomic E-state index is -1.30. The highest BCUT2D eigenvalue weighted by Crippen LogP contribution is 2.19. The molecule has 0 saturated heterocycles. The van der Waals surface area contributed by atoms with Crippen molar-refractivity contribution in [3.8, 4) is 0 Å². The van der Waals surface area contributed by atoms with E-state index in [1.54, 1.807) is 13.8 Å². The summed E-state index contributed by atoms with van der Waals surface area (Å²) in [5.41, 5.74) is 0.302. The third kappa shape index (κ3) is 8.03. The Balaban J connectivity index is 0.000000330. The van der Waals surface area contributed by atoms with E-state index in [9.17, 15) is 14.7 Å². The van der Waals surface area contributed by atoms with Gasteiger partial charge in [-0.3, -0.25) is 9.59 Å². The molecule has 0 aliphatic carbocycles. The van der Waals surface area contributed by atoms with Crippen LogP contribution in [0, 0.1) is 5.41 Å². The number of nitrogens with one attached hydrogen (secondary N) is 3. The Bertz CT molecular complexity index is 688. The smallest absolute Gasteiger partial charge is 0.249 e. The van der Waals surface area contributed by atoms with E-state index in [1.807, 2.05) is 18.3 Å². The molecule has 1 heterocycles. The van der Waals surface area contributed by atoms with Gasteiger partial charge in [-0.05, 0) is 17.5 Å². The number of para-hydroxylation sites is 1. The summed E-state index contributed by atoms with van der Waals surface area (Å²) in [5, 5.41) is 25.0. The van der Waals surface area contributed by atoms with Crippen molar-refractivity contribution in [3.05, 3.63) is 36.5 Å². The average molecular weight is 396 g/mol. The Hall–Kier alpha value is -2.03. The largest absolute Gasteiger partial charge is 0.396 e. The zero-order valence-corrected chi connectivity index (χ0v) is 16.6. The fourth-order valence-corrected chi connectivity index (χ4v) is 2.23. The van der Waals surface area contributed by atoms with Gasteiger partial charge in [0, 0.05) is 42.4 Å². The van der Waals surface area contributed by atoms with Crippen LogP contribution in [0.3, 0.4) is 0 Å². The van der Waals surface area contributed by atoms with E-state index in [-0.39, 0.29) is 25.5 Å². The van der Waals surface area contributed by atoms with Crippen molar-refractivity contribution in [1.29, 1.82) is 0 Å².